The van der Waals surface area contributed by atoms with Gasteiger partial charge in [0, 0.05) is 10.6 Å². The molecule has 0 aromatic heterocycles. The number of aliphatic imine (C=N–C) groups is 1. The molecular formula is C12H12ClNO2. The number of benzene rings is 1. The summed E-state index contributed by atoms with van der Waals surface area (Å²) < 4.78 is 5.57. The van der Waals surface area contributed by atoms with E-state index in [4.69, 9.17) is 21.4 Å². The molecule has 0 aliphatic carbocycles. The minimum atomic E-state index is -0.261. The Labute approximate surface area is 99.0 Å². The molecule has 1 aliphatic heterocycles. The molecule has 0 unspecified atom stereocenters. The third kappa shape index (κ3) is 2.10. The van der Waals surface area contributed by atoms with Gasteiger partial charge in [0.1, 0.15) is 12.1 Å². The van der Waals surface area contributed by atoms with Gasteiger partial charge in [-0.3, -0.25) is 0 Å². The van der Waals surface area contributed by atoms with Crippen LogP contribution in [-0.4, -0.2) is 29.8 Å². The van der Waals surface area contributed by atoms with E-state index in [1.54, 1.807) is 18.2 Å². The summed E-state index contributed by atoms with van der Waals surface area (Å²) in [6, 6.07) is 6.96. The second-order valence-electron chi connectivity index (χ2n) is 3.51. The number of nitrogens with zero attached hydrogens (tertiary/aromatic N) is 1. The first kappa shape index (κ1) is 11.2. The van der Waals surface area contributed by atoms with E-state index in [1.165, 1.54) is 0 Å². The molecule has 3 nitrogen and oxygen atoms in total. The molecule has 84 valence electrons. The molecule has 0 spiro atoms. The van der Waals surface area contributed by atoms with Crippen LogP contribution in [-0.2, 0) is 4.74 Å². The lowest BCUT2D eigenvalue weighted by atomic mass is 10.2. The average molecular weight is 238 g/mol. The maximum absolute atomic E-state index is 9.12. The molecule has 0 amide bonds. The Morgan fingerprint density at radius 1 is 1.44 bits per heavy atom. The van der Waals surface area contributed by atoms with E-state index in [1.807, 2.05) is 12.1 Å². The monoisotopic (exact) mass is 237 g/mol. The Kier molecular flexibility index (Phi) is 3.27. The molecule has 4 heteroatoms. The summed E-state index contributed by atoms with van der Waals surface area (Å²) in [5, 5.41) is 9.79. The molecule has 1 aromatic rings. The Morgan fingerprint density at radius 3 is 2.62 bits per heavy atom. The molecule has 0 radical (unpaired) electrons. The lowest BCUT2D eigenvalue weighted by Gasteiger charge is -2.10. The number of ether oxygens (including phenoxy) is 1. The van der Waals surface area contributed by atoms with Crippen LogP contribution in [0.25, 0.3) is 0 Å². The van der Waals surface area contributed by atoms with Gasteiger partial charge in [-0.2, -0.15) is 0 Å². The molecule has 2 rings (SSSR count). The quantitative estimate of drug-likeness (QED) is 0.818. The van der Waals surface area contributed by atoms with Crippen molar-refractivity contribution in [3.63, 3.8) is 0 Å². The van der Waals surface area contributed by atoms with Crippen molar-refractivity contribution in [3.05, 3.63) is 47.5 Å². The van der Waals surface area contributed by atoms with Gasteiger partial charge in [0.05, 0.1) is 6.61 Å². The number of aliphatic hydroxyl groups excluding tert-OH is 1. The summed E-state index contributed by atoms with van der Waals surface area (Å²) in [4.78, 5) is 4.29. The molecule has 1 heterocycles. The fourth-order valence-electron chi connectivity index (χ4n) is 1.55. The maximum Gasteiger partial charge on any atom is 0.217 e. The molecule has 0 saturated carbocycles. The Hall–Kier alpha value is -1.32. The number of halogens is 1. The van der Waals surface area contributed by atoms with E-state index in [9.17, 15) is 0 Å². The molecule has 0 bridgehead atoms. The van der Waals surface area contributed by atoms with Gasteiger partial charge >= 0.3 is 0 Å². The number of hydrogen-bond acceptors (Lipinski definition) is 3. The zero-order chi connectivity index (χ0) is 11.5. The summed E-state index contributed by atoms with van der Waals surface area (Å²) in [6.45, 7) is 3.60. The van der Waals surface area contributed by atoms with Gasteiger partial charge in [-0.15, -0.1) is 0 Å². The molecule has 1 aromatic carbocycles. The number of aliphatic hydroxyl groups is 1. The van der Waals surface area contributed by atoms with Gasteiger partial charge in [-0.05, 0) is 30.3 Å². The summed E-state index contributed by atoms with van der Waals surface area (Å²) in [5.74, 6) is 0.528. The molecular weight excluding hydrogens is 226 g/mol. The van der Waals surface area contributed by atoms with E-state index < -0.39 is 0 Å². The van der Waals surface area contributed by atoms with Gasteiger partial charge in [0.15, 0.2) is 0 Å². The van der Waals surface area contributed by atoms with Crippen molar-refractivity contribution in [3.8, 4) is 0 Å². The van der Waals surface area contributed by atoms with Gasteiger partial charge in [0.25, 0.3) is 0 Å². The maximum atomic E-state index is 9.12. The highest BCUT2D eigenvalue weighted by Gasteiger charge is 2.28. The first-order valence-electron chi connectivity index (χ1n) is 4.98. The van der Waals surface area contributed by atoms with Crippen LogP contribution in [0.3, 0.4) is 0 Å². The van der Waals surface area contributed by atoms with E-state index in [0.29, 0.717) is 10.9 Å². The molecule has 16 heavy (non-hydrogen) atoms. The second kappa shape index (κ2) is 4.68. The minimum Gasteiger partial charge on any atom is -0.468 e. The minimum absolute atomic E-state index is 0.0478. The highest BCUT2D eigenvalue weighted by atomic mass is 35.5. The van der Waals surface area contributed by atoms with Crippen LogP contribution in [0.2, 0.25) is 5.02 Å². The largest absolute Gasteiger partial charge is 0.468 e. The van der Waals surface area contributed by atoms with Crippen LogP contribution in [0.4, 0.5) is 0 Å². The second-order valence-corrected chi connectivity index (χ2v) is 3.95. The van der Waals surface area contributed by atoms with E-state index in [0.717, 1.165) is 5.56 Å². The zero-order valence-corrected chi connectivity index (χ0v) is 9.39. The predicted octanol–water partition coefficient (Wildman–Crippen LogP) is 2.03. The topological polar surface area (TPSA) is 41.8 Å². The highest BCUT2D eigenvalue weighted by Crippen LogP contribution is 2.20. The highest BCUT2D eigenvalue weighted by molar-refractivity contribution is 6.30. The first-order chi connectivity index (χ1) is 7.74. The van der Waals surface area contributed by atoms with Crippen LogP contribution in [0.15, 0.2) is 41.9 Å². The third-order valence-electron chi connectivity index (χ3n) is 2.42. The van der Waals surface area contributed by atoms with Crippen molar-refractivity contribution in [2.45, 2.75) is 12.1 Å². The van der Waals surface area contributed by atoms with Crippen molar-refractivity contribution >= 4 is 17.5 Å². The smallest absolute Gasteiger partial charge is 0.217 e. The lowest BCUT2D eigenvalue weighted by Crippen LogP contribution is -2.23. The molecule has 1 N–H and O–H groups in total. The Balaban J connectivity index is 2.23. The van der Waals surface area contributed by atoms with E-state index >= 15 is 0 Å². The van der Waals surface area contributed by atoms with Gasteiger partial charge in [-0.1, -0.05) is 18.2 Å². The standard InChI is InChI=1S/C12H12ClNO2/c1-2-11-10(7-15)14-12(16-11)8-3-5-9(13)6-4-8/h2-6,10-11,15H,1,7H2/t10-,11-/m0/s1. The van der Waals surface area contributed by atoms with Crippen LogP contribution in [0, 0.1) is 0 Å². The van der Waals surface area contributed by atoms with Crippen molar-refractivity contribution in [1.29, 1.82) is 0 Å². The van der Waals surface area contributed by atoms with Crippen LogP contribution >= 0.6 is 11.6 Å². The molecule has 2 atom stereocenters. The molecule has 0 fully saturated rings. The summed E-state index contributed by atoms with van der Waals surface area (Å²) in [6.07, 6.45) is 1.39. The molecule has 1 aliphatic rings. The summed E-state index contributed by atoms with van der Waals surface area (Å²) >= 11 is 5.79. The number of hydrogen-bond donors (Lipinski definition) is 1. The first-order valence-corrected chi connectivity index (χ1v) is 5.36. The van der Waals surface area contributed by atoms with Crippen molar-refractivity contribution in [2.75, 3.05) is 6.61 Å². The van der Waals surface area contributed by atoms with Crippen LogP contribution in [0.5, 0.6) is 0 Å². The fraction of sp³-hybridized carbons (Fsp3) is 0.250. The van der Waals surface area contributed by atoms with Gasteiger partial charge < -0.3 is 9.84 Å². The Bertz CT molecular complexity index is 414. The molecule has 0 saturated heterocycles. The third-order valence-corrected chi connectivity index (χ3v) is 2.67. The van der Waals surface area contributed by atoms with Crippen molar-refractivity contribution < 1.29 is 9.84 Å². The Morgan fingerprint density at radius 2 is 2.12 bits per heavy atom. The zero-order valence-electron chi connectivity index (χ0n) is 8.64. The van der Waals surface area contributed by atoms with Crippen molar-refractivity contribution in [1.82, 2.24) is 0 Å². The van der Waals surface area contributed by atoms with E-state index in [2.05, 4.69) is 11.6 Å². The van der Waals surface area contributed by atoms with Gasteiger partial charge in [0.2, 0.25) is 5.90 Å². The average Bonchev–Trinajstić information content (AvgIpc) is 2.73. The summed E-state index contributed by atoms with van der Waals surface area (Å²) in [5.41, 5.74) is 0.854. The van der Waals surface area contributed by atoms with Gasteiger partial charge in [-0.25, -0.2) is 4.99 Å². The lowest BCUT2D eigenvalue weighted by molar-refractivity contribution is 0.184. The van der Waals surface area contributed by atoms with Crippen LogP contribution in [0.1, 0.15) is 5.56 Å². The summed E-state index contributed by atoms with van der Waals surface area (Å²) in [7, 11) is 0. The van der Waals surface area contributed by atoms with E-state index in [-0.39, 0.29) is 18.8 Å². The number of rotatable bonds is 3. The fourth-order valence-corrected chi connectivity index (χ4v) is 1.67. The normalized spacial score (nSPS) is 23.8. The SMILES string of the molecule is C=C[C@@H]1OC(c2ccc(Cl)cc2)=N[C@H]1CO. The van der Waals surface area contributed by atoms with Crippen LogP contribution < -0.4 is 0 Å². The van der Waals surface area contributed by atoms with Crippen molar-refractivity contribution in [2.24, 2.45) is 4.99 Å². The predicted molar refractivity (Wildman–Crippen MR) is 63.9 cm³/mol.